The molecule has 1 amide bonds. The maximum Gasteiger partial charge on any atom is 0.251 e. The van der Waals surface area contributed by atoms with E-state index in [0.29, 0.717) is 12.1 Å². The monoisotopic (exact) mass is 252 g/mol. The summed E-state index contributed by atoms with van der Waals surface area (Å²) in [4.78, 5) is 11.9. The molecule has 0 aliphatic rings. The lowest BCUT2D eigenvalue weighted by Gasteiger charge is -2.06. The van der Waals surface area contributed by atoms with Gasteiger partial charge in [-0.15, -0.1) is 0 Å². The van der Waals surface area contributed by atoms with Crippen LogP contribution in [0.2, 0.25) is 0 Å². The molecule has 0 fully saturated rings. The van der Waals surface area contributed by atoms with E-state index in [-0.39, 0.29) is 5.91 Å². The maximum atomic E-state index is 11.9. The van der Waals surface area contributed by atoms with Crippen molar-refractivity contribution in [1.29, 1.82) is 0 Å². The molecule has 0 aliphatic carbocycles. The zero-order chi connectivity index (χ0) is 13.5. The summed E-state index contributed by atoms with van der Waals surface area (Å²) in [6.07, 6.45) is 1.93. The van der Waals surface area contributed by atoms with Crippen molar-refractivity contribution in [2.24, 2.45) is 0 Å². The first-order valence-electron chi connectivity index (χ1n) is 6.50. The van der Waals surface area contributed by atoms with Gasteiger partial charge < -0.3 is 5.32 Å². The van der Waals surface area contributed by atoms with E-state index in [1.54, 1.807) is 12.1 Å². The Morgan fingerprint density at radius 3 is 2.58 bits per heavy atom. The Balaban J connectivity index is 1.75. The fourth-order valence-corrected chi connectivity index (χ4v) is 1.95. The molecule has 2 nitrogen and oxygen atoms in total. The Labute approximate surface area is 114 Å². The highest BCUT2D eigenvalue weighted by Gasteiger charge is 2.04. The number of amides is 1. The fourth-order valence-electron chi connectivity index (χ4n) is 1.95. The quantitative estimate of drug-likeness (QED) is 0.813. The van der Waals surface area contributed by atoms with E-state index < -0.39 is 0 Å². The summed E-state index contributed by atoms with van der Waals surface area (Å²) < 4.78 is 0. The first-order chi connectivity index (χ1) is 9.25. The summed E-state index contributed by atoms with van der Waals surface area (Å²) in [5.41, 5.74) is 2.83. The van der Waals surface area contributed by atoms with E-state index in [0.717, 1.165) is 18.4 Å². The van der Waals surface area contributed by atoms with Crippen molar-refractivity contribution in [2.45, 2.75) is 12.8 Å². The summed E-state index contributed by atoms with van der Waals surface area (Å²) in [6, 6.07) is 17.6. The predicted molar refractivity (Wildman–Crippen MR) is 78.0 cm³/mol. The van der Waals surface area contributed by atoms with E-state index in [4.69, 9.17) is 0 Å². The van der Waals surface area contributed by atoms with E-state index in [2.05, 4.69) is 24.4 Å². The van der Waals surface area contributed by atoms with Crippen LogP contribution in [-0.4, -0.2) is 12.5 Å². The average molecular weight is 252 g/mol. The van der Waals surface area contributed by atoms with E-state index >= 15 is 0 Å². The van der Waals surface area contributed by atoms with Crippen molar-refractivity contribution >= 4 is 5.91 Å². The zero-order valence-corrected chi connectivity index (χ0v) is 10.9. The van der Waals surface area contributed by atoms with Gasteiger partial charge in [0.25, 0.3) is 5.91 Å². The third-order valence-electron chi connectivity index (χ3n) is 2.96. The molecule has 0 spiro atoms. The largest absolute Gasteiger partial charge is 0.352 e. The lowest BCUT2D eigenvalue weighted by Crippen LogP contribution is -2.24. The van der Waals surface area contributed by atoms with Crippen molar-refractivity contribution in [1.82, 2.24) is 5.32 Å². The van der Waals surface area contributed by atoms with Crippen molar-refractivity contribution in [3.05, 3.63) is 78.2 Å². The second-order valence-electron chi connectivity index (χ2n) is 4.55. The van der Waals surface area contributed by atoms with Crippen molar-refractivity contribution in [2.75, 3.05) is 6.54 Å². The summed E-state index contributed by atoms with van der Waals surface area (Å²) in [7, 11) is 0. The van der Waals surface area contributed by atoms with Crippen molar-refractivity contribution in [3.63, 3.8) is 0 Å². The second-order valence-corrected chi connectivity index (χ2v) is 4.55. The van der Waals surface area contributed by atoms with Gasteiger partial charge in [-0.05, 0) is 43.0 Å². The molecule has 0 saturated carbocycles. The van der Waals surface area contributed by atoms with Gasteiger partial charge in [0.2, 0.25) is 0 Å². The number of benzene rings is 2. The van der Waals surface area contributed by atoms with Crippen LogP contribution in [0.5, 0.6) is 0 Å². The minimum absolute atomic E-state index is 0.0291. The normalized spacial score (nSPS) is 10.2. The third-order valence-corrected chi connectivity index (χ3v) is 2.96. The van der Waals surface area contributed by atoms with Crippen LogP contribution in [0, 0.1) is 6.92 Å². The van der Waals surface area contributed by atoms with Crippen LogP contribution in [0.25, 0.3) is 0 Å². The lowest BCUT2D eigenvalue weighted by atomic mass is 10.1. The molecule has 2 aromatic rings. The van der Waals surface area contributed by atoms with Gasteiger partial charge in [0, 0.05) is 12.1 Å². The summed E-state index contributed by atoms with van der Waals surface area (Å²) >= 11 is 0. The van der Waals surface area contributed by atoms with Crippen LogP contribution in [-0.2, 0) is 6.42 Å². The fraction of sp³-hybridized carbons (Fsp3) is 0.176. The number of rotatable bonds is 5. The molecule has 0 heterocycles. The molecule has 1 N–H and O–H groups in total. The van der Waals surface area contributed by atoms with E-state index in [1.807, 2.05) is 30.3 Å². The molecule has 0 bridgehead atoms. The average Bonchev–Trinajstić information content (AvgIpc) is 2.44. The predicted octanol–water partition coefficient (Wildman–Crippen LogP) is 3.23. The van der Waals surface area contributed by atoms with Gasteiger partial charge in [0.05, 0.1) is 0 Å². The zero-order valence-electron chi connectivity index (χ0n) is 10.9. The standard InChI is InChI=1S/C17H18NO/c1-14-7-5-11-16(13-14)17(19)18-12-6-10-15-8-3-2-4-9-15/h2-5,7-9,11,13H,1,6,10,12H2,(H,18,19). The van der Waals surface area contributed by atoms with Gasteiger partial charge in [-0.2, -0.15) is 0 Å². The molecule has 19 heavy (non-hydrogen) atoms. The molecule has 1 radical (unpaired) electrons. The number of aryl methyl sites for hydroxylation is 1. The number of nitrogens with one attached hydrogen (secondary N) is 1. The van der Waals surface area contributed by atoms with Crippen LogP contribution in [0.3, 0.4) is 0 Å². The third kappa shape index (κ3) is 4.25. The Morgan fingerprint density at radius 2 is 1.84 bits per heavy atom. The molecule has 2 heteroatoms. The lowest BCUT2D eigenvalue weighted by molar-refractivity contribution is 0.0953. The molecule has 0 aliphatic heterocycles. The van der Waals surface area contributed by atoms with Crippen LogP contribution in [0.4, 0.5) is 0 Å². The first-order valence-corrected chi connectivity index (χ1v) is 6.50. The van der Waals surface area contributed by atoms with Gasteiger partial charge >= 0.3 is 0 Å². The molecule has 0 saturated heterocycles. The maximum absolute atomic E-state index is 11.9. The van der Waals surface area contributed by atoms with Gasteiger partial charge in [-0.1, -0.05) is 42.5 Å². The highest BCUT2D eigenvalue weighted by Crippen LogP contribution is 2.04. The van der Waals surface area contributed by atoms with Gasteiger partial charge in [0.15, 0.2) is 0 Å². The summed E-state index contributed by atoms with van der Waals surface area (Å²) in [5.74, 6) is -0.0291. The van der Waals surface area contributed by atoms with Gasteiger partial charge in [-0.3, -0.25) is 4.79 Å². The molecule has 0 aromatic heterocycles. The number of hydrogen-bond donors (Lipinski definition) is 1. The molecule has 97 valence electrons. The van der Waals surface area contributed by atoms with Gasteiger partial charge in [-0.25, -0.2) is 0 Å². The number of hydrogen-bond acceptors (Lipinski definition) is 1. The van der Waals surface area contributed by atoms with Crippen LogP contribution in [0.1, 0.15) is 27.9 Å². The number of carbonyl (C=O) groups is 1. The Hall–Kier alpha value is -2.09. The van der Waals surface area contributed by atoms with Crippen LogP contribution in [0.15, 0.2) is 54.6 Å². The van der Waals surface area contributed by atoms with E-state index in [1.165, 1.54) is 5.56 Å². The molecular weight excluding hydrogens is 234 g/mol. The highest BCUT2D eigenvalue weighted by molar-refractivity contribution is 5.94. The Bertz CT molecular complexity index is 534. The van der Waals surface area contributed by atoms with Crippen molar-refractivity contribution < 1.29 is 4.79 Å². The van der Waals surface area contributed by atoms with E-state index in [9.17, 15) is 4.79 Å². The molecule has 0 unspecified atom stereocenters. The van der Waals surface area contributed by atoms with Crippen LogP contribution < -0.4 is 5.32 Å². The summed E-state index contributed by atoms with van der Waals surface area (Å²) in [5, 5.41) is 2.93. The summed E-state index contributed by atoms with van der Waals surface area (Å²) in [6.45, 7) is 4.51. The molecule has 2 aromatic carbocycles. The second kappa shape index (κ2) is 6.74. The Morgan fingerprint density at radius 1 is 1.05 bits per heavy atom. The molecule has 0 atom stereocenters. The minimum atomic E-state index is -0.0291. The molecule has 2 rings (SSSR count). The minimum Gasteiger partial charge on any atom is -0.352 e. The first kappa shape index (κ1) is 13.3. The topological polar surface area (TPSA) is 29.1 Å². The highest BCUT2D eigenvalue weighted by atomic mass is 16.1. The smallest absolute Gasteiger partial charge is 0.251 e. The van der Waals surface area contributed by atoms with Crippen molar-refractivity contribution in [3.8, 4) is 0 Å². The van der Waals surface area contributed by atoms with Gasteiger partial charge in [0.1, 0.15) is 0 Å². The SMILES string of the molecule is [CH2]c1cccc(C(=O)NCCCc2ccccc2)c1. The Kier molecular flexibility index (Phi) is 4.73. The molecular formula is C17H18NO. The number of carbonyl (C=O) groups excluding carboxylic acids is 1. The van der Waals surface area contributed by atoms with Crippen LogP contribution >= 0.6 is 0 Å².